The van der Waals surface area contributed by atoms with E-state index < -0.39 is 10.0 Å². The minimum absolute atomic E-state index is 0.0207. The van der Waals surface area contributed by atoms with E-state index in [1.165, 1.54) is 12.3 Å². The van der Waals surface area contributed by atoms with E-state index in [2.05, 4.69) is 14.7 Å². The van der Waals surface area contributed by atoms with Crippen molar-refractivity contribution in [1.29, 1.82) is 0 Å². The summed E-state index contributed by atoms with van der Waals surface area (Å²) in [5.74, 6) is -0.0371. The zero-order valence-electron chi connectivity index (χ0n) is 9.75. The van der Waals surface area contributed by atoms with Gasteiger partial charge < -0.3 is 5.73 Å². The molecule has 0 radical (unpaired) electrons. The standard InChI is InChI=1S/C11H11ClN4O2S/c12-11-14-6-5-10(15-11)16-19(17,18)7-8-1-3-9(13)4-2-8/h1-6H,7,13H2,(H,14,15,16). The molecule has 0 saturated heterocycles. The quantitative estimate of drug-likeness (QED) is 0.660. The van der Waals surface area contributed by atoms with E-state index in [1.807, 2.05) is 0 Å². The summed E-state index contributed by atoms with van der Waals surface area (Å²) < 4.78 is 26.2. The van der Waals surface area contributed by atoms with E-state index in [1.54, 1.807) is 24.3 Å². The minimum Gasteiger partial charge on any atom is -0.399 e. The Balaban J connectivity index is 2.13. The van der Waals surface area contributed by atoms with Gasteiger partial charge in [-0.3, -0.25) is 4.72 Å². The molecule has 0 bridgehead atoms. The molecule has 2 aromatic rings. The van der Waals surface area contributed by atoms with Gasteiger partial charge in [-0.2, -0.15) is 4.98 Å². The largest absolute Gasteiger partial charge is 0.399 e. The van der Waals surface area contributed by atoms with Crippen LogP contribution < -0.4 is 10.5 Å². The molecule has 0 atom stereocenters. The molecule has 2 rings (SSSR count). The number of hydrogen-bond acceptors (Lipinski definition) is 5. The van der Waals surface area contributed by atoms with Crippen LogP contribution in [0.1, 0.15) is 5.56 Å². The molecular formula is C11H11ClN4O2S. The lowest BCUT2D eigenvalue weighted by atomic mass is 10.2. The summed E-state index contributed by atoms with van der Waals surface area (Å²) in [6.07, 6.45) is 1.37. The first-order chi connectivity index (χ1) is 8.94. The average molecular weight is 299 g/mol. The molecular weight excluding hydrogens is 288 g/mol. The molecule has 0 fully saturated rings. The highest BCUT2D eigenvalue weighted by Crippen LogP contribution is 2.13. The lowest BCUT2D eigenvalue weighted by Gasteiger charge is -2.07. The van der Waals surface area contributed by atoms with Gasteiger partial charge in [0, 0.05) is 11.9 Å². The fourth-order valence-corrected chi connectivity index (χ4v) is 2.70. The fourth-order valence-electron chi connectivity index (χ4n) is 1.42. The number of aromatic nitrogens is 2. The Hall–Kier alpha value is -1.86. The van der Waals surface area contributed by atoms with Gasteiger partial charge in [0.15, 0.2) is 0 Å². The number of nitrogens with zero attached hydrogens (tertiary/aromatic N) is 2. The third-order valence-corrected chi connectivity index (χ3v) is 3.64. The van der Waals surface area contributed by atoms with E-state index in [0.717, 1.165) is 0 Å². The maximum Gasteiger partial charge on any atom is 0.238 e. The molecule has 0 saturated carbocycles. The molecule has 1 heterocycles. The number of hydrogen-bond donors (Lipinski definition) is 2. The molecule has 100 valence electrons. The summed E-state index contributed by atoms with van der Waals surface area (Å²) in [5.41, 5.74) is 6.74. The van der Waals surface area contributed by atoms with Crippen LogP contribution in [0.5, 0.6) is 0 Å². The summed E-state index contributed by atoms with van der Waals surface area (Å²) in [6.45, 7) is 0. The van der Waals surface area contributed by atoms with Crippen molar-refractivity contribution in [3.63, 3.8) is 0 Å². The number of halogens is 1. The normalized spacial score (nSPS) is 11.2. The molecule has 1 aromatic heterocycles. The Morgan fingerprint density at radius 3 is 2.53 bits per heavy atom. The number of nitrogen functional groups attached to an aromatic ring is 1. The van der Waals surface area contributed by atoms with Gasteiger partial charge in [0.1, 0.15) is 5.82 Å². The van der Waals surface area contributed by atoms with E-state index in [0.29, 0.717) is 11.3 Å². The van der Waals surface area contributed by atoms with Gasteiger partial charge in [0.2, 0.25) is 15.3 Å². The Bertz CT molecular complexity index is 673. The molecule has 19 heavy (non-hydrogen) atoms. The highest BCUT2D eigenvalue weighted by atomic mass is 35.5. The van der Waals surface area contributed by atoms with Crippen LogP contribution in [-0.4, -0.2) is 18.4 Å². The van der Waals surface area contributed by atoms with Crippen molar-refractivity contribution in [2.24, 2.45) is 0 Å². The summed E-state index contributed by atoms with van der Waals surface area (Å²) in [6, 6.07) is 8.02. The Morgan fingerprint density at radius 1 is 1.21 bits per heavy atom. The second kappa shape index (κ2) is 5.41. The zero-order chi connectivity index (χ0) is 13.9. The number of nitrogens with two attached hydrogens (primary N) is 1. The van der Waals surface area contributed by atoms with E-state index in [-0.39, 0.29) is 16.9 Å². The highest BCUT2D eigenvalue weighted by molar-refractivity contribution is 7.91. The molecule has 0 aliphatic rings. The lowest BCUT2D eigenvalue weighted by molar-refractivity contribution is 0.600. The van der Waals surface area contributed by atoms with Crippen LogP contribution >= 0.6 is 11.6 Å². The minimum atomic E-state index is -3.56. The predicted octanol–water partition coefficient (Wildman–Crippen LogP) is 1.65. The summed E-state index contributed by atoms with van der Waals surface area (Å²) in [4.78, 5) is 7.43. The van der Waals surface area contributed by atoms with Gasteiger partial charge in [0.05, 0.1) is 5.75 Å². The van der Waals surface area contributed by atoms with Crippen LogP contribution in [0, 0.1) is 0 Å². The van der Waals surface area contributed by atoms with Crippen molar-refractivity contribution in [2.45, 2.75) is 5.75 Å². The van der Waals surface area contributed by atoms with Crippen LogP contribution in [0.25, 0.3) is 0 Å². The summed E-state index contributed by atoms with van der Waals surface area (Å²) >= 11 is 5.58. The maximum absolute atomic E-state index is 11.9. The van der Waals surface area contributed by atoms with Crippen molar-refractivity contribution in [3.8, 4) is 0 Å². The van der Waals surface area contributed by atoms with Crippen LogP contribution in [0.4, 0.5) is 11.5 Å². The van der Waals surface area contributed by atoms with Gasteiger partial charge in [-0.15, -0.1) is 0 Å². The monoisotopic (exact) mass is 298 g/mol. The Kier molecular flexibility index (Phi) is 3.87. The van der Waals surface area contributed by atoms with Crippen molar-refractivity contribution >= 4 is 33.1 Å². The van der Waals surface area contributed by atoms with Gasteiger partial charge in [-0.25, -0.2) is 13.4 Å². The second-order valence-electron chi connectivity index (χ2n) is 3.81. The smallest absolute Gasteiger partial charge is 0.238 e. The summed E-state index contributed by atoms with van der Waals surface area (Å²) in [5, 5.41) is -0.0207. The van der Waals surface area contributed by atoms with E-state index in [4.69, 9.17) is 17.3 Å². The maximum atomic E-state index is 11.9. The molecule has 1 aromatic carbocycles. The molecule has 6 nitrogen and oxygen atoms in total. The number of rotatable bonds is 4. The van der Waals surface area contributed by atoms with Crippen molar-refractivity contribution in [3.05, 3.63) is 47.4 Å². The molecule has 0 aliphatic carbocycles. The fraction of sp³-hybridized carbons (Fsp3) is 0.0909. The van der Waals surface area contributed by atoms with Gasteiger partial charge in [-0.1, -0.05) is 12.1 Å². The first-order valence-electron chi connectivity index (χ1n) is 5.28. The van der Waals surface area contributed by atoms with Crippen molar-refractivity contribution in [2.75, 3.05) is 10.5 Å². The molecule has 0 unspecified atom stereocenters. The predicted molar refractivity (Wildman–Crippen MR) is 74.1 cm³/mol. The molecule has 3 N–H and O–H groups in total. The van der Waals surface area contributed by atoms with Gasteiger partial charge >= 0.3 is 0 Å². The Morgan fingerprint density at radius 2 is 1.89 bits per heavy atom. The molecule has 8 heteroatoms. The number of benzene rings is 1. The average Bonchev–Trinajstić information content (AvgIpc) is 2.31. The molecule has 0 aliphatic heterocycles. The third kappa shape index (κ3) is 4.08. The Labute approximate surface area is 115 Å². The first kappa shape index (κ1) is 13.6. The highest BCUT2D eigenvalue weighted by Gasteiger charge is 2.12. The third-order valence-electron chi connectivity index (χ3n) is 2.22. The van der Waals surface area contributed by atoms with E-state index in [9.17, 15) is 8.42 Å². The molecule has 0 spiro atoms. The second-order valence-corrected chi connectivity index (χ2v) is 5.87. The first-order valence-corrected chi connectivity index (χ1v) is 7.31. The van der Waals surface area contributed by atoms with Crippen LogP contribution in [0.3, 0.4) is 0 Å². The number of anilines is 2. The van der Waals surface area contributed by atoms with Gasteiger partial charge in [-0.05, 0) is 35.4 Å². The van der Waals surface area contributed by atoms with Crippen molar-refractivity contribution < 1.29 is 8.42 Å². The zero-order valence-corrected chi connectivity index (χ0v) is 11.3. The van der Waals surface area contributed by atoms with Gasteiger partial charge in [0.25, 0.3) is 0 Å². The van der Waals surface area contributed by atoms with E-state index >= 15 is 0 Å². The number of nitrogens with one attached hydrogen (secondary N) is 1. The van der Waals surface area contributed by atoms with Crippen LogP contribution in [0.15, 0.2) is 36.5 Å². The van der Waals surface area contributed by atoms with Crippen LogP contribution in [-0.2, 0) is 15.8 Å². The topological polar surface area (TPSA) is 98.0 Å². The molecule has 0 amide bonds. The lowest BCUT2D eigenvalue weighted by Crippen LogP contribution is -2.16. The number of sulfonamides is 1. The SMILES string of the molecule is Nc1ccc(CS(=O)(=O)Nc2ccnc(Cl)n2)cc1. The van der Waals surface area contributed by atoms with Crippen LogP contribution in [0.2, 0.25) is 5.28 Å². The summed E-state index contributed by atoms with van der Waals surface area (Å²) in [7, 11) is -3.56. The van der Waals surface area contributed by atoms with Crippen molar-refractivity contribution in [1.82, 2.24) is 9.97 Å².